The highest BCUT2D eigenvalue weighted by molar-refractivity contribution is 7.16. The third-order valence-electron chi connectivity index (χ3n) is 2.91. The zero-order valence-corrected chi connectivity index (χ0v) is 14.6. The van der Waals surface area contributed by atoms with E-state index in [0.29, 0.717) is 5.13 Å². The lowest BCUT2D eigenvalue weighted by molar-refractivity contribution is 0.0589. The maximum Gasteiger partial charge on any atom is 0.416 e. The van der Waals surface area contributed by atoms with Crippen molar-refractivity contribution in [2.75, 3.05) is 11.9 Å². The number of nitrogens with zero attached hydrogens (tertiary/aromatic N) is 2. The number of unbranched alkanes of at least 4 members (excludes halogenated alkanes) is 1. The number of thiazole rings is 1. The van der Waals surface area contributed by atoms with Crippen molar-refractivity contribution in [2.24, 2.45) is 0 Å². The van der Waals surface area contributed by atoms with Crippen LogP contribution in [0.15, 0.2) is 0 Å². The van der Waals surface area contributed by atoms with Crippen LogP contribution in [0, 0.1) is 6.92 Å². The molecule has 1 amide bonds. The largest absolute Gasteiger partial charge is 0.443 e. The number of carbonyl (C=O) groups excluding carboxylic acids is 1. The molecule has 0 aliphatic carbocycles. The molecule has 1 unspecified atom stereocenters. The van der Waals surface area contributed by atoms with Gasteiger partial charge in [0.15, 0.2) is 5.13 Å². The van der Waals surface area contributed by atoms with Crippen molar-refractivity contribution in [1.29, 1.82) is 0 Å². The first-order valence-electron chi connectivity index (χ1n) is 7.27. The van der Waals surface area contributed by atoms with E-state index < -0.39 is 17.8 Å². The molecule has 5 nitrogen and oxygen atoms in total. The van der Waals surface area contributed by atoms with Crippen molar-refractivity contribution in [2.45, 2.75) is 65.6 Å². The minimum absolute atomic E-state index is 0.439. The van der Waals surface area contributed by atoms with Gasteiger partial charge in [-0.2, -0.15) is 0 Å². The van der Waals surface area contributed by atoms with Gasteiger partial charge in [0.2, 0.25) is 0 Å². The number of aromatic nitrogens is 1. The summed E-state index contributed by atoms with van der Waals surface area (Å²) in [6.45, 7) is 9.42. The number of aliphatic hydroxyl groups excluding tert-OH is 1. The zero-order chi connectivity index (χ0) is 16.2. The molecule has 0 aliphatic heterocycles. The minimum atomic E-state index is -0.541. The average molecular weight is 314 g/mol. The van der Waals surface area contributed by atoms with Gasteiger partial charge < -0.3 is 9.84 Å². The summed E-state index contributed by atoms with van der Waals surface area (Å²) in [6, 6.07) is 0. The van der Waals surface area contributed by atoms with Crippen LogP contribution < -0.4 is 4.90 Å². The first-order valence-corrected chi connectivity index (χ1v) is 8.09. The summed E-state index contributed by atoms with van der Waals surface area (Å²) >= 11 is 1.34. The molecule has 1 rings (SSSR count). The number of aryl methyl sites for hydroxylation is 1. The summed E-state index contributed by atoms with van der Waals surface area (Å²) in [4.78, 5) is 18.6. The second kappa shape index (κ2) is 7.22. The molecular weight excluding hydrogens is 288 g/mol. The number of anilines is 1. The lowest BCUT2D eigenvalue weighted by atomic mass is 10.1. The molecule has 120 valence electrons. The smallest absolute Gasteiger partial charge is 0.416 e. The van der Waals surface area contributed by atoms with Gasteiger partial charge >= 0.3 is 6.09 Å². The Morgan fingerprint density at radius 1 is 1.48 bits per heavy atom. The van der Waals surface area contributed by atoms with Gasteiger partial charge in [-0.05, 0) is 34.1 Å². The molecule has 0 spiro atoms. The van der Waals surface area contributed by atoms with Gasteiger partial charge in [0, 0.05) is 7.05 Å². The van der Waals surface area contributed by atoms with Crippen molar-refractivity contribution >= 4 is 22.6 Å². The second-order valence-corrected chi connectivity index (χ2v) is 7.15. The average Bonchev–Trinajstić information content (AvgIpc) is 2.75. The Kier molecular flexibility index (Phi) is 6.16. The first kappa shape index (κ1) is 17.9. The van der Waals surface area contributed by atoms with Gasteiger partial charge in [-0.25, -0.2) is 9.78 Å². The van der Waals surface area contributed by atoms with Crippen LogP contribution in [0.3, 0.4) is 0 Å². The number of hydrogen-bond donors (Lipinski definition) is 1. The number of ether oxygens (including phenoxy) is 1. The Bertz CT molecular complexity index is 480. The van der Waals surface area contributed by atoms with Crippen molar-refractivity contribution in [3.8, 4) is 0 Å². The maximum absolute atomic E-state index is 12.0. The predicted molar refractivity (Wildman–Crippen MR) is 86.0 cm³/mol. The third-order valence-corrected chi connectivity index (χ3v) is 4.24. The molecule has 1 atom stereocenters. The molecule has 0 saturated carbocycles. The molecule has 1 heterocycles. The fourth-order valence-corrected chi connectivity index (χ4v) is 2.82. The van der Waals surface area contributed by atoms with Crippen molar-refractivity contribution < 1.29 is 14.6 Å². The van der Waals surface area contributed by atoms with Crippen LogP contribution in [0.1, 0.15) is 63.6 Å². The number of amides is 1. The summed E-state index contributed by atoms with van der Waals surface area (Å²) in [5.41, 5.74) is 0.232. The minimum Gasteiger partial charge on any atom is -0.443 e. The Hall–Kier alpha value is -1.14. The van der Waals surface area contributed by atoms with Gasteiger partial charge in [0.05, 0.1) is 16.7 Å². The Morgan fingerprint density at radius 2 is 2.10 bits per heavy atom. The van der Waals surface area contributed by atoms with E-state index in [2.05, 4.69) is 11.9 Å². The van der Waals surface area contributed by atoms with Crippen LogP contribution in [-0.2, 0) is 4.74 Å². The van der Waals surface area contributed by atoms with Gasteiger partial charge in [-0.15, -0.1) is 0 Å². The second-order valence-electron chi connectivity index (χ2n) is 6.14. The molecule has 1 N–H and O–H groups in total. The molecule has 1 aromatic rings. The van der Waals surface area contributed by atoms with Crippen LogP contribution in [-0.4, -0.2) is 28.8 Å². The highest BCUT2D eigenvalue weighted by Gasteiger charge is 2.24. The molecular formula is C15H26N2O3S. The van der Waals surface area contributed by atoms with Gasteiger partial charge in [0.1, 0.15) is 5.60 Å². The molecule has 21 heavy (non-hydrogen) atoms. The van der Waals surface area contributed by atoms with Crippen molar-refractivity contribution in [3.05, 3.63) is 10.6 Å². The number of rotatable bonds is 5. The van der Waals surface area contributed by atoms with Gasteiger partial charge in [-0.1, -0.05) is 31.1 Å². The summed E-state index contributed by atoms with van der Waals surface area (Å²) in [6.07, 6.45) is 1.78. The SMILES string of the molecule is CCCCC(O)c1sc(N(C)C(=O)OC(C)(C)C)nc1C. The lowest BCUT2D eigenvalue weighted by Crippen LogP contribution is -2.34. The summed E-state index contributed by atoms with van der Waals surface area (Å²) in [5.74, 6) is 0. The molecule has 6 heteroatoms. The van der Waals surface area contributed by atoms with E-state index in [0.717, 1.165) is 29.8 Å². The highest BCUT2D eigenvalue weighted by atomic mass is 32.1. The van der Waals surface area contributed by atoms with E-state index in [1.807, 2.05) is 27.7 Å². The third kappa shape index (κ3) is 5.28. The molecule has 0 aromatic carbocycles. The summed E-state index contributed by atoms with van der Waals surface area (Å²) in [7, 11) is 1.63. The molecule has 0 bridgehead atoms. The number of aliphatic hydroxyl groups is 1. The molecule has 0 radical (unpaired) electrons. The molecule has 0 fully saturated rings. The van der Waals surface area contributed by atoms with E-state index >= 15 is 0 Å². The molecule has 0 saturated heterocycles. The van der Waals surface area contributed by atoms with Crippen molar-refractivity contribution in [3.63, 3.8) is 0 Å². The van der Waals surface area contributed by atoms with E-state index in [1.54, 1.807) is 7.05 Å². The molecule has 0 aliphatic rings. The van der Waals surface area contributed by atoms with Crippen LogP contribution in [0.2, 0.25) is 0 Å². The molecule has 1 aromatic heterocycles. The van der Waals surface area contributed by atoms with Crippen molar-refractivity contribution in [1.82, 2.24) is 4.98 Å². The van der Waals surface area contributed by atoms with Crippen LogP contribution in [0.4, 0.5) is 9.93 Å². The van der Waals surface area contributed by atoms with Gasteiger partial charge in [0.25, 0.3) is 0 Å². The van der Waals surface area contributed by atoms with Gasteiger partial charge in [-0.3, -0.25) is 4.90 Å². The Balaban J connectivity index is 2.83. The van der Waals surface area contributed by atoms with Crippen LogP contribution >= 0.6 is 11.3 Å². The zero-order valence-electron chi connectivity index (χ0n) is 13.8. The topological polar surface area (TPSA) is 62.7 Å². The highest BCUT2D eigenvalue weighted by Crippen LogP contribution is 2.33. The van der Waals surface area contributed by atoms with E-state index in [9.17, 15) is 9.90 Å². The lowest BCUT2D eigenvalue weighted by Gasteiger charge is -2.23. The van der Waals surface area contributed by atoms with E-state index in [1.165, 1.54) is 16.2 Å². The number of hydrogen-bond acceptors (Lipinski definition) is 5. The number of carbonyl (C=O) groups is 1. The fraction of sp³-hybridized carbons (Fsp3) is 0.733. The van der Waals surface area contributed by atoms with Crippen LogP contribution in [0.25, 0.3) is 0 Å². The quantitative estimate of drug-likeness (QED) is 0.890. The summed E-state index contributed by atoms with van der Waals surface area (Å²) < 4.78 is 5.32. The fourth-order valence-electron chi connectivity index (χ4n) is 1.78. The predicted octanol–water partition coefficient (Wildman–Crippen LogP) is 4.05. The summed E-state index contributed by atoms with van der Waals surface area (Å²) in [5, 5.41) is 10.7. The first-order chi connectivity index (χ1) is 9.65. The normalized spacial score (nSPS) is 13.1. The monoisotopic (exact) mass is 314 g/mol. The van der Waals surface area contributed by atoms with E-state index in [-0.39, 0.29) is 0 Å². The van der Waals surface area contributed by atoms with Crippen LogP contribution in [0.5, 0.6) is 0 Å². The van der Waals surface area contributed by atoms with E-state index in [4.69, 9.17) is 4.74 Å². The standard InChI is InChI=1S/C15H26N2O3S/c1-7-8-9-11(18)12-10(2)16-13(21-12)17(6)14(19)20-15(3,4)5/h11,18H,7-9H2,1-6H3. The Morgan fingerprint density at radius 3 is 2.62 bits per heavy atom. The maximum atomic E-state index is 12.0. The Labute approximate surface area is 130 Å².